The molecule has 2 aromatic carbocycles. The van der Waals surface area contributed by atoms with Crippen LogP contribution in [-0.4, -0.2) is 17.5 Å². The Kier molecular flexibility index (Phi) is 8.19. The van der Waals surface area contributed by atoms with Crippen LogP contribution in [-0.2, 0) is 0 Å². The van der Waals surface area contributed by atoms with E-state index in [0.717, 1.165) is 18.4 Å². The Morgan fingerprint density at radius 2 is 1.68 bits per heavy atom. The zero-order chi connectivity index (χ0) is 17.7. The number of rotatable bonds is 9. The highest BCUT2D eigenvalue weighted by atomic mass is 16.3. The molecule has 0 saturated carbocycles. The van der Waals surface area contributed by atoms with Crippen molar-refractivity contribution in [2.45, 2.75) is 39.0 Å². The Labute approximate surface area is 150 Å². The Bertz CT molecular complexity index is 718. The number of aromatic hydroxyl groups is 1. The van der Waals surface area contributed by atoms with Crippen LogP contribution in [0, 0.1) is 0 Å². The second-order valence-electron chi connectivity index (χ2n) is 5.99. The summed E-state index contributed by atoms with van der Waals surface area (Å²) in [4.78, 5) is 0. The third kappa shape index (κ3) is 7.17. The molecule has 0 heterocycles. The molecular formula is C22H26N2O. The van der Waals surface area contributed by atoms with Gasteiger partial charge in [-0.05, 0) is 36.1 Å². The van der Waals surface area contributed by atoms with Crippen molar-refractivity contribution in [1.29, 1.82) is 0 Å². The molecule has 0 aliphatic carbocycles. The Morgan fingerprint density at radius 3 is 2.44 bits per heavy atom. The van der Waals surface area contributed by atoms with E-state index in [0.29, 0.717) is 5.56 Å². The fraction of sp³-hybridized carbons (Fsp3) is 0.273. The normalized spacial score (nSPS) is 12.3. The second kappa shape index (κ2) is 11.0. The lowest BCUT2D eigenvalue weighted by Gasteiger charge is -2.02. The average molecular weight is 334 g/mol. The molecule has 1 N–H and O–H groups in total. The molecule has 3 heteroatoms. The van der Waals surface area contributed by atoms with Crippen LogP contribution in [0.4, 0.5) is 0 Å². The summed E-state index contributed by atoms with van der Waals surface area (Å²) in [6, 6.07) is 17.4. The number of allylic oxidation sites excluding steroid dienone is 1. The van der Waals surface area contributed by atoms with Crippen molar-refractivity contribution in [2.24, 2.45) is 10.2 Å². The highest BCUT2D eigenvalue weighted by Gasteiger charge is 1.97. The number of nitrogens with zero attached hydrogens (tertiary/aromatic N) is 2. The first-order chi connectivity index (χ1) is 12.3. The summed E-state index contributed by atoms with van der Waals surface area (Å²) in [5.74, 6) is 0.209. The van der Waals surface area contributed by atoms with Crippen molar-refractivity contribution in [3.63, 3.8) is 0 Å². The van der Waals surface area contributed by atoms with E-state index in [1.165, 1.54) is 24.8 Å². The minimum absolute atomic E-state index is 0.209. The maximum atomic E-state index is 9.73. The lowest BCUT2D eigenvalue weighted by molar-refractivity contribution is 0.474. The minimum atomic E-state index is 0.209. The van der Waals surface area contributed by atoms with Gasteiger partial charge in [-0.2, -0.15) is 10.2 Å². The maximum Gasteiger partial charge on any atom is 0.124 e. The zero-order valence-corrected chi connectivity index (χ0v) is 14.8. The molecule has 0 aliphatic rings. The van der Waals surface area contributed by atoms with Crippen LogP contribution in [0.1, 0.15) is 50.2 Å². The van der Waals surface area contributed by atoms with Crippen LogP contribution in [0.3, 0.4) is 0 Å². The number of hydrogen-bond donors (Lipinski definition) is 1. The van der Waals surface area contributed by atoms with E-state index in [-0.39, 0.29) is 5.75 Å². The zero-order valence-electron chi connectivity index (χ0n) is 14.8. The highest BCUT2D eigenvalue weighted by molar-refractivity contribution is 5.87. The van der Waals surface area contributed by atoms with Gasteiger partial charge >= 0.3 is 0 Å². The lowest BCUT2D eigenvalue weighted by Crippen LogP contribution is -1.88. The molecule has 2 rings (SSSR count). The van der Waals surface area contributed by atoms with Gasteiger partial charge in [-0.3, -0.25) is 0 Å². The molecule has 0 fully saturated rings. The number of hydrogen-bond acceptors (Lipinski definition) is 3. The highest BCUT2D eigenvalue weighted by Crippen LogP contribution is 2.14. The first-order valence-electron chi connectivity index (χ1n) is 8.89. The summed E-state index contributed by atoms with van der Waals surface area (Å²) in [6.45, 7) is 2.22. The maximum absolute atomic E-state index is 9.73. The van der Waals surface area contributed by atoms with Gasteiger partial charge in [0.25, 0.3) is 0 Å². The monoisotopic (exact) mass is 334 g/mol. The van der Waals surface area contributed by atoms with Crippen LogP contribution in [0.5, 0.6) is 5.75 Å². The van der Waals surface area contributed by atoms with Crippen LogP contribution >= 0.6 is 0 Å². The molecule has 0 bridgehead atoms. The minimum Gasteiger partial charge on any atom is -0.507 e. The Morgan fingerprint density at radius 1 is 0.920 bits per heavy atom. The Hall–Kier alpha value is -2.68. The van der Waals surface area contributed by atoms with Crippen molar-refractivity contribution < 1.29 is 5.11 Å². The molecule has 130 valence electrons. The smallest absolute Gasteiger partial charge is 0.124 e. The molecule has 0 unspecified atom stereocenters. The summed E-state index contributed by atoms with van der Waals surface area (Å²) < 4.78 is 0. The molecular weight excluding hydrogens is 308 g/mol. The van der Waals surface area contributed by atoms with Crippen molar-refractivity contribution >= 4 is 18.5 Å². The van der Waals surface area contributed by atoms with Crippen LogP contribution in [0.15, 0.2) is 70.4 Å². The topological polar surface area (TPSA) is 45.0 Å². The fourth-order valence-electron chi connectivity index (χ4n) is 2.49. The summed E-state index contributed by atoms with van der Waals surface area (Å²) in [5.41, 5.74) is 3.00. The molecule has 0 saturated heterocycles. The number of para-hydroxylation sites is 1. The molecule has 25 heavy (non-hydrogen) atoms. The van der Waals surface area contributed by atoms with Gasteiger partial charge in [0.1, 0.15) is 5.75 Å². The fourth-order valence-corrected chi connectivity index (χ4v) is 2.49. The summed E-state index contributed by atoms with van der Waals surface area (Å²) in [6.07, 6.45) is 11.4. The molecule has 0 atom stereocenters. The molecule has 0 aromatic heterocycles. The second-order valence-corrected chi connectivity index (χ2v) is 5.99. The first kappa shape index (κ1) is 18.7. The lowest BCUT2D eigenvalue weighted by atomic mass is 10.0. The van der Waals surface area contributed by atoms with Gasteiger partial charge in [0.2, 0.25) is 0 Å². The van der Waals surface area contributed by atoms with E-state index in [1.54, 1.807) is 24.4 Å². The molecule has 0 spiro atoms. The molecule has 0 aliphatic heterocycles. The summed E-state index contributed by atoms with van der Waals surface area (Å²) >= 11 is 0. The molecule has 0 radical (unpaired) electrons. The van der Waals surface area contributed by atoms with E-state index in [9.17, 15) is 5.11 Å². The summed E-state index contributed by atoms with van der Waals surface area (Å²) in [5, 5.41) is 18.0. The van der Waals surface area contributed by atoms with E-state index >= 15 is 0 Å². The van der Waals surface area contributed by atoms with Crippen LogP contribution in [0.25, 0.3) is 6.08 Å². The van der Waals surface area contributed by atoms with E-state index in [2.05, 4.69) is 35.3 Å². The van der Waals surface area contributed by atoms with Gasteiger partial charge < -0.3 is 5.11 Å². The number of benzene rings is 2. The van der Waals surface area contributed by atoms with E-state index in [1.807, 2.05) is 30.5 Å². The predicted octanol–water partition coefficient (Wildman–Crippen LogP) is 5.85. The SMILES string of the molecule is CCCCCCC(/C=N\N=C\c1ccccc1O)=C\c1ccccc1. The molecule has 0 amide bonds. The van der Waals surface area contributed by atoms with Crippen molar-refractivity contribution in [3.8, 4) is 5.75 Å². The van der Waals surface area contributed by atoms with Gasteiger partial charge in [0.05, 0.1) is 12.4 Å². The predicted molar refractivity (Wildman–Crippen MR) is 107 cm³/mol. The third-order valence-corrected chi connectivity index (χ3v) is 3.89. The number of phenolic OH excluding ortho intramolecular Hbond substituents is 1. The molecule has 3 nitrogen and oxygen atoms in total. The van der Waals surface area contributed by atoms with Crippen molar-refractivity contribution in [1.82, 2.24) is 0 Å². The van der Waals surface area contributed by atoms with Crippen molar-refractivity contribution in [2.75, 3.05) is 0 Å². The number of phenols is 1. The van der Waals surface area contributed by atoms with Gasteiger partial charge in [-0.25, -0.2) is 0 Å². The van der Waals surface area contributed by atoms with Gasteiger partial charge in [-0.15, -0.1) is 0 Å². The van der Waals surface area contributed by atoms with Crippen molar-refractivity contribution in [3.05, 3.63) is 71.3 Å². The first-order valence-corrected chi connectivity index (χ1v) is 8.89. The standard InChI is InChI=1S/C22H26N2O/c1-2-3-4-6-13-20(16-19-11-7-5-8-12-19)17-23-24-18-21-14-9-10-15-22(21)25/h5,7-12,14-18,25H,2-4,6,13H2,1H3/b20-16+,23-17-,24-18+. The third-order valence-electron chi connectivity index (χ3n) is 3.89. The molecule has 2 aromatic rings. The largest absolute Gasteiger partial charge is 0.507 e. The van der Waals surface area contributed by atoms with Gasteiger partial charge in [0.15, 0.2) is 0 Å². The van der Waals surface area contributed by atoms with Crippen LogP contribution in [0.2, 0.25) is 0 Å². The average Bonchev–Trinajstić information content (AvgIpc) is 2.64. The quantitative estimate of drug-likeness (QED) is 0.349. The Balaban J connectivity index is 2.04. The van der Waals surface area contributed by atoms with Gasteiger partial charge in [-0.1, -0.05) is 74.7 Å². The van der Waals surface area contributed by atoms with E-state index in [4.69, 9.17) is 0 Å². The van der Waals surface area contributed by atoms with Gasteiger partial charge in [0, 0.05) is 5.56 Å². The summed E-state index contributed by atoms with van der Waals surface area (Å²) in [7, 11) is 0. The van der Waals surface area contributed by atoms with Crippen LogP contribution < -0.4 is 0 Å². The number of unbranched alkanes of at least 4 members (excludes halogenated alkanes) is 3. The van der Waals surface area contributed by atoms with E-state index < -0.39 is 0 Å².